The lowest BCUT2D eigenvalue weighted by molar-refractivity contribution is 0.0677. The van der Waals surface area contributed by atoms with Crippen molar-refractivity contribution in [3.63, 3.8) is 0 Å². The number of aryl methyl sites for hydroxylation is 1. The zero-order valence-corrected chi connectivity index (χ0v) is 17.1. The van der Waals surface area contributed by atoms with Gasteiger partial charge in [0.2, 0.25) is 0 Å². The molecule has 0 radical (unpaired) electrons. The van der Waals surface area contributed by atoms with Crippen molar-refractivity contribution >= 4 is 27.5 Å². The zero-order chi connectivity index (χ0) is 19.7. The Morgan fingerprint density at radius 2 is 1.82 bits per heavy atom. The molecule has 1 unspecified atom stereocenters. The van der Waals surface area contributed by atoms with Gasteiger partial charge in [0.05, 0.1) is 18.9 Å². The summed E-state index contributed by atoms with van der Waals surface area (Å²) in [7, 11) is 1.64. The van der Waals surface area contributed by atoms with Crippen molar-refractivity contribution < 1.29 is 13.9 Å². The minimum atomic E-state index is -0.264. The monoisotopic (exact) mass is 438 g/mol. The lowest BCUT2D eigenvalue weighted by atomic mass is 9.97. The molecule has 1 aromatic heterocycles. The van der Waals surface area contributed by atoms with Crippen LogP contribution < -0.4 is 4.74 Å². The summed E-state index contributed by atoms with van der Waals surface area (Å²) in [6.45, 7) is 2.04. The van der Waals surface area contributed by atoms with E-state index in [9.17, 15) is 4.79 Å². The van der Waals surface area contributed by atoms with E-state index in [0.717, 1.165) is 22.6 Å². The third kappa shape index (κ3) is 3.60. The number of hydrogen-bond donors (Lipinski definition) is 0. The van der Waals surface area contributed by atoms with Crippen molar-refractivity contribution in [3.05, 3.63) is 87.8 Å². The minimum absolute atomic E-state index is 0.186. The molecule has 0 N–H and O–H groups in total. The van der Waals surface area contributed by atoms with Crippen LogP contribution in [0, 0.1) is 6.92 Å². The van der Waals surface area contributed by atoms with Crippen LogP contribution in [0.5, 0.6) is 5.75 Å². The molecule has 0 aliphatic carbocycles. The summed E-state index contributed by atoms with van der Waals surface area (Å²) in [6, 6.07) is 19.1. The highest BCUT2D eigenvalue weighted by Crippen LogP contribution is 2.34. The number of nitrogens with zero attached hydrogens (tertiary/aromatic N) is 2. The average Bonchev–Trinajstić information content (AvgIpc) is 3.35. The number of carbonyl (C=O) groups excluding carboxylic acids is 1. The van der Waals surface area contributed by atoms with Gasteiger partial charge in [-0.2, -0.15) is 5.10 Å². The number of ether oxygens (including phenoxy) is 1. The maximum absolute atomic E-state index is 13.1. The lowest BCUT2D eigenvalue weighted by Crippen LogP contribution is -2.26. The number of carbonyl (C=O) groups is 1. The molecule has 6 heteroatoms. The Hall–Kier alpha value is -2.86. The summed E-state index contributed by atoms with van der Waals surface area (Å²) in [6.07, 6.45) is 0.628. The van der Waals surface area contributed by atoms with Crippen LogP contribution in [0.1, 0.15) is 39.7 Å². The van der Waals surface area contributed by atoms with Crippen LogP contribution in [0.25, 0.3) is 0 Å². The Balaban J connectivity index is 1.70. The number of rotatable bonds is 4. The molecule has 0 bridgehead atoms. The van der Waals surface area contributed by atoms with Gasteiger partial charge >= 0.3 is 5.91 Å². The van der Waals surface area contributed by atoms with Crippen LogP contribution in [0.2, 0.25) is 0 Å². The molecule has 1 atom stereocenters. The normalized spacial score (nSPS) is 16.2. The van der Waals surface area contributed by atoms with Crippen molar-refractivity contribution in [2.45, 2.75) is 19.4 Å². The van der Waals surface area contributed by atoms with Crippen LogP contribution in [-0.2, 0) is 0 Å². The molecule has 5 nitrogen and oxygen atoms in total. The van der Waals surface area contributed by atoms with E-state index in [1.807, 2.05) is 55.5 Å². The molecule has 3 aromatic rings. The van der Waals surface area contributed by atoms with Gasteiger partial charge in [-0.25, -0.2) is 5.01 Å². The van der Waals surface area contributed by atoms with Gasteiger partial charge in [0.15, 0.2) is 10.4 Å². The molecule has 142 valence electrons. The fraction of sp³-hybridized carbons (Fsp3) is 0.182. The summed E-state index contributed by atoms with van der Waals surface area (Å²) in [4.78, 5) is 13.1. The molecule has 2 heterocycles. The third-order valence-corrected chi connectivity index (χ3v) is 5.21. The maximum atomic E-state index is 13.1. The molecular weight excluding hydrogens is 420 g/mol. The lowest BCUT2D eigenvalue weighted by Gasteiger charge is -2.21. The first-order chi connectivity index (χ1) is 13.5. The Bertz CT molecular complexity index is 1020. The molecule has 0 saturated carbocycles. The molecule has 1 aliphatic heterocycles. The Labute approximate surface area is 171 Å². The SMILES string of the molecule is COc1ccc(C2=NN(C(=O)c3ccc(Br)o3)C(c3ccc(C)cc3)C2)cc1. The predicted molar refractivity (Wildman–Crippen MR) is 111 cm³/mol. The minimum Gasteiger partial charge on any atom is -0.497 e. The largest absolute Gasteiger partial charge is 0.497 e. The van der Waals surface area contributed by atoms with Crippen LogP contribution in [0.15, 0.2) is 74.9 Å². The molecule has 1 amide bonds. The standard InChI is InChI=1S/C22H19BrN2O3/c1-14-3-5-16(6-4-14)19-13-18(15-7-9-17(27-2)10-8-15)24-25(19)22(26)20-11-12-21(23)28-20/h3-12,19H,13H2,1-2H3. The van der Waals surface area contributed by atoms with E-state index in [1.54, 1.807) is 19.2 Å². The first-order valence-electron chi connectivity index (χ1n) is 8.92. The average molecular weight is 439 g/mol. The number of furan rings is 1. The number of hydrazone groups is 1. The predicted octanol–water partition coefficient (Wildman–Crippen LogP) is 5.35. The smallest absolute Gasteiger partial charge is 0.310 e. The van der Waals surface area contributed by atoms with E-state index in [1.165, 1.54) is 10.6 Å². The van der Waals surface area contributed by atoms with Gasteiger partial charge in [-0.1, -0.05) is 29.8 Å². The Morgan fingerprint density at radius 3 is 2.43 bits per heavy atom. The topological polar surface area (TPSA) is 55.0 Å². The van der Waals surface area contributed by atoms with Gasteiger partial charge in [-0.05, 0) is 70.4 Å². The van der Waals surface area contributed by atoms with Crippen LogP contribution in [0.3, 0.4) is 0 Å². The van der Waals surface area contributed by atoms with Gasteiger partial charge in [0.1, 0.15) is 5.75 Å². The molecule has 1 aliphatic rings. The number of halogens is 1. The molecule has 28 heavy (non-hydrogen) atoms. The summed E-state index contributed by atoms with van der Waals surface area (Å²) >= 11 is 3.25. The van der Waals surface area contributed by atoms with E-state index in [-0.39, 0.29) is 17.7 Å². The Kier molecular flexibility index (Phi) is 5.05. The maximum Gasteiger partial charge on any atom is 0.310 e. The fourth-order valence-electron chi connectivity index (χ4n) is 3.25. The first-order valence-corrected chi connectivity index (χ1v) is 9.72. The molecule has 0 fully saturated rings. The van der Waals surface area contributed by atoms with Crippen molar-refractivity contribution in [1.29, 1.82) is 0 Å². The second-order valence-corrected chi connectivity index (χ2v) is 7.44. The van der Waals surface area contributed by atoms with E-state index >= 15 is 0 Å². The summed E-state index contributed by atoms with van der Waals surface area (Å²) in [5.41, 5.74) is 4.03. The number of amides is 1. The van der Waals surface area contributed by atoms with E-state index in [0.29, 0.717) is 11.1 Å². The third-order valence-electron chi connectivity index (χ3n) is 4.79. The van der Waals surface area contributed by atoms with Gasteiger partial charge in [-0.15, -0.1) is 0 Å². The quantitative estimate of drug-likeness (QED) is 0.551. The summed E-state index contributed by atoms with van der Waals surface area (Å²) in [5.74, 6) is 0.773. The first kappa shape index (κ1) is 18.5. The summed E-state index contributed by atoms with van der Waals surface area (Å²) in [5, 5.41) is 6.19. The van der Waals surface area contributed by atoms with Gasteiger partial charge in [-0.3, -0.25) is 4.79 Å². The second-order valence-electron chi connectivity index (χ2n) is 6.66. The fourth-order valence-corrected chi connectivity index (χ4v) is 3.55. The van der Waals surface area contributed by atoms with Crippen molar-refractivity contribution in [2.24, 2.45) is 5.10 Å². The van der Waals surface area contributed by atoms with E-state index < -0.39 is 0 Å². The van der Waals surface area contributed by atoms with E-state index in [4.69, 9.17) is 9.15 Å². The highest BCUT2D eigenvalue weighted by atomic mass is 79.9. The van der Waals surface area contributed by atoms with Crippen LogP contribution in [-0.4, -0.2) is 23.7 Å². The van der Waals surface area contributed by atoms with Crippen LogP contribution >= 0.6 is 15.9 Å². The zero-order valence-electron chi connectivity index (χ0n) is 15.6. The molecule has 0 spiro atoms. The number of benzene rings is 2. The number of methoxy groups -OCH3 is 1. The van der Waals surface area contributed by atoms with Gasteiger partial charge in [0, 0.05) is 6.42 Å². The molecule has 4 rings (SSSR count). The molecule has 0 saturated heterocycles. The second kappa shape index (κ2) is 7.64. The van der Waals surface area contributed by atoms with Crippen molar-refractivity contribution in [2.75, 3.05) is 7.11 Å². The van der Waals surface area contributed by atoms with E-state index in [2.05, 4.69) is 21.0 Å². The van der Waals surface area contributed by atoms with Crippen molar-refractivity contribution in [1.82, 2.24) is 5.01 Å². The molecular formula is C22H19BrN2O3. The van der Waals surface area contributed by atoms with Gasteiger partial charge < -0.3 is 9.15 Å². The Morgan fingerprint density at radius 1 is 1.11 bits per heavy atom. The molecule has 2 aromatic carbocycles. The van der Waals surface area contributed by atoms with Crippen LogP contribution in [0.4, 0.5) is 0 Å². The highest BCUT2D eigenvalue weighted by molar-refractivity contribution is 9.10. The summed E-state index contributed by atoms with van der Waals surface area (Å²) < 4.78 is 11.2. The number of hydrogen-bond acceptors (Lipinski definition) is 4. The van der Waals surface area contributed by atoms with Gasteiger partial charge in [0.25, 0.3) is 0 Å². The highest BCUT2D eigenvalue weighted by Gasteiger charge is 2.34. The van der Waals surface area contributed by atoms with Crippen molar-refractivity contribution in [3.8, 4) is 5.75 Å².